The Morgan fingerprint density at radius 2 is 1.92 bits per heavy atom. The van der Waals surface area contributed by atoms with E-state index in [0.29, 0.717) is 0 Å². The summed E-state index contributed by atoms with van der Waals surface area (Å²) in [6.07, 6.45) is 0. The third-order valence-electron chi connectivity index (χ3n) is 1.79. The van der Waals surface area contributed by atoms with Gasteiger partial charge >= 0.3 is 0 Å². The lowest BCUT2D eigenvalue weighted by Crippen LogP contribution is -2.11. The molecule has 1 aromatic carbocycles. The molecule has 0 aliphatic rings. The average molecular weight is 229 g/mol. The van der Waals surface area contributed by atoms with Gasteiger partial charge in [0.2, 0.25) is 0 Å². The first-order chi connectivity index (χ1) is 5.52. The Hall–Kier alpha value is -0.700. The van der Waals surface area contributed by atoms with Crippen LogP contribution in [0.25, 0.3) is 0 Å². The summed E-state index contributed by atoms with van der Waals surface area (Å²) >= 11 is 3.43. The van der Waals surface area contributed by atoms with Gasteiger partial charge in [-0.3, -0.25) is 0 Å². The Kier molecular flexibility index (Phi) is 2.62. The Labute approximate surface area is 81.5 Å². The van der Waals surface area contributed by atoms with Gasteiger partial charge in [0.05, 0.1) is 11.4 Å². The molecule has 2 N–H and O–H groups in total. The predicted octanol–water partition coefficient (Wildman–Crippen LogP) is 2.41. The van der Waals surface area contributed by atoms with Crippen LogP contribution in [-0.2, 0) is 0 Å². The van der Waals surface area contributed by atoms with Gasteiger partial charge < -0.3 is 10.6 Å². The summed E-state index contributed by atoms with van der Waals surface area (Å²) in [6.45, 7) is 2.05. The average Bonchev–Trinajstić information content (AvgIpc) is 1.96. The van der Waals surface area contributed by atoms with E-state index in [1.807, 2.05) is 25.1 Å². The van der Waals surface area contributed by atoms with Crippen LogP contribution in [0.5, 0.6) is 0 Å². The molecule has 2 nitrogen and oxygen atoms in total. The van der Waals surface area contributed by atoms with Gasteiger partial charge in [-0.2, -0.15) is 0 Å². The summed E-state index contributed by atoms with van der Waals surface area (Å²) in [5, 5.41) is 0. The molecule has 0 saturated carbocycles. The van der Waals surface area contributed by atoms with E-state index in [9.17, 15) is 0 Å². The molecule has 1 aromatic rings. The maximum absolute atomic E-state index is 5.82. The first-order valence-corrected chi connectivity index (χ1v) is 4.54. The van der Waals surface area contributed by atoms with Gasteiger partial charge in [0.1, 0.15) is 0 Å². The number of anilines is 2. The molecule has 0 bridgehead atoms. The highest BCUT2D eigenvalue weighted by molar-refractivity contribution is 9.10. The summed E-state index contributed by atoms with van der Waals surface area (Å²) < 4.78 is 1.06. The van der Waals surface area contributed by atoms with Crippen LogP contribution in [0.3, 0.4) is 0 Å². The van der Waals surface area contributed by atoms with Gasteiger partial charge in [0.25, 0.3) is 0 Å². The third-order valence-corrected chi connectivity index (χ3v) is 2.64. The zero-order chi connectivity index (χ0) is 9.30. The number of hydrogen-bond donors (Lipinski definition) is 1. The number of nitrogen functional groups attached to an aromatic ring is 1. The lowest BCUT2D eigenvalue weighted by atomic mass is 10.2. The van der Waals surface area contributed by atoms with E-state index in [-0.39, 0.29) is 0 Å². The van der Waals surface area contributed by atoms with Crippen LogP contribution in [0, 0.1) is 6.92 Å². The predicted molar refractivity (Wildman–Crippen MR) is 57.6 cm³/mol. The zero-order valence-electron chi connectivity index (χ0n) is 7.56. The van der Waals surface area contributed by atoms with E-state index in [1.54, 1.807) is 0 Å². The van der Waals surface area contributed by atoms with Crippen molar-refractivity contribution in [1.29, 1.82) is 0 Å². The van der Waals surface area contributed by atoms with Crippen molar-refractivity contribution in [2.75, 3.05) is 24.7 Å². The van der Waals surface area contributed by atoms with Crippen molar-refractivity contribution in [2.24, 2.45) is 0 Å². The lowest BCUT2D eigenvalue weighted by Gasteiger charge is -2.16. The topological polar surface area (TPSA) is 29.3 Å². The largest absolute Gasteiger partial charge is 0.397 e. The highest BCUT2D eigenvalue weighted by Crippen LogP contribution is 2.28. The highest BCUT2D eigenvalue weighted by Gasteiger charge is 2.03. The smallest absolute Gasteiger partial charge is 0.0598 e. The van der Waals surface area contributed by atoms with Crippen LogP contribution in [0.15, 0.2) is 16.6 Å². The summed E-state index contributed by atoms with van der Waals surface area (Å²) in [7, 11) is 3.97. The van der Waals surface area contributed by atoms with Crippen molar-refractivity contribution >= 4 is 27.3 Å². The number of aryl methyl sites for hydroxylation is 1. The molecule has 0 saturated heterocycles. The normalized spacial score (nSPS) is 10.0. The Morgan fingerprint density at radius 3 is 2.42 bits per heavy atom. The molecule has 1 rings (SSSR count). The molecule has 0 unspecified atom stereocenters. The van der Waals surface area contributed by atoms with E-state index in [0.717, 1.165) is 15.8 Å². The first-order valence-electron chi connectivity index (χ1n) is 3.75. The van der Waals surface area contributed by atoms with Crippen LogP contribution in [-0.4, -0.2) is 14.1 Å². The van der Waals surface area contributed by atoms with E-state index < -0.39 is 0 Å². The number of nitrogens with two attached hydrogens (primary N) is 1. The van der Waals surface area contributed by atoms with Gasteiger partial charge in [-0.15, -0.1) is 0 Å². The van der Waals surface area contributed by atoms with Gasteiger partial charge in [0, 0.05) is 18.6 Å². The molecule has 0 atom stereocenters. The minimum atomic E-state index is 0.803. The molecule has 66 valence electrons. The molecule has 0 fully saturated rings. The van der Waals surface area contributed by atoms with Gasteiger partial charge in [0.15, 0.2) is 0 Å². The second-order valence-electron chi connectivity index (χ2n) is 3.05. The van der Waals surface area contributed by atoms with Crippen molar-refractivity contribution in [1.82, 2.24) is 0 Å². The molecule has 0 aliphatic carbocycles. The summed E-state index contributed by atoms with van der Waals surface area (Å²) in [5.74, 6) is 0. The first kappa shape index (κ1) is 9.39. The van der Waals surface area contributed by atoms with Gasteiger partial charge in [-0.1, -0.05) is 15.9 Å². The van der Waals surface area contributed by atoms with Crippen molar-refractivity contribution < 1.29 is 0 Å². The van der Waals surface area contributed by atoms with Crippen molar-refractivity contribution in [3.05, 3.63) is 22.2 Å². The molecule has 0 amide bonds. The third kappa shape index (κ3) is 1.72. The molecular weight excluding hydrogens is 216 g/mol. The fourth-order valence-electron chi connectivity index (χ4n) is 1.07. The molecule has 0 aliphatic heterocycles. The zero-order valence-corrected chi connectivity index (χ0v) is 9.14. The highest BCUT2D eigenvalue weighted by atomic mass is 79.9. The minimum absolute atomic E-state index is 0.803. The van der Waals surface area contributed by atoms with E-state index >= 15 is 0 Å². The van der Waals surface area contributed by atoms with E-state index in [4.69, 9.17) is 5.73 Å². The molecule has 0 spiro atoms. The molecular formula is C9H13BrN2. The number of halogens is 1. The maximum atomic E-state index is 5.82. The fourth-order valence-corrected chi connectivity index (χ4v) is 1.43. The van der Waals surface area contributed by atoms with Gasteiger partial charge in [-0.25, -0.2) is 0 Å². The molecule has 3 heteroatoms. The number of benzene rings is 1. The number of hydrogen-bond acceptors (Lipinski definition) is 2. The molecule has 12 heavy (non-hydrogen) atoms. The lowest BCUT2D eigenvalue weighted by molar-refractivity contribution is 1.13. The van der Waals surface area contributed by atoms with Crippen LogP contribution in [0.4, 0.5) is 11.4 Å². The van der Waals surface area contributed by atoms with Crippen LogP contribution in [0.2, 0.25) is 0 Å². The Bertz CT molecular complexity index is 295. The van der Waals surface area contributed by atoms with Crippen molar-refractivity contribution in [2.45, 2.75) is 6.92 Å². The number of rotatable bonds is 1. The summed E-state index contributed by atoms with van der Waals surface area (Å²) in [6, 6.07) is 4.00. The van der Waals surface area contributed by atoms with Crippen molar-refractivity contribution in [3.8, 4) is 0 Å². The van der Waals surface area contributed by atoms with Crippen molar-refractivity contribution in [3.63, 3.8) is 0 Å². The summed E-state index contributed by atoms with van der Waals surface area (Å²) in [4.78, 5) is 2.01. The second kappa shape index (κ2) is 3.35. The quantitative estimate of drug-likeness (QED) is 0.749. The number of nitrogens with zero attached hydrogens (tertiary/aromatic N) is 1. The van der Waals surface area contributed by atoms with Gasteiger partial charge in [-0.05, 0) is 24.6 Å². The Morgan fingerprint density at radius 1 is 1.33 bits per heavy atom. The monoisotopic (exact) mass is 228 g/mol. The minimum Gasteiger partial charge on any atom is -0.397 e. The molecule has 0 heterocycles. The SMILES string of the molecule is Cc1cc(N(C)C)c(N)cc1Br. The van der Waals surface area contributed by atoms with E-state index in [1.165, 1.54) is 5.56 Å². The Balaban J connectivity index is 3.23. The standard InChI is InChI=1S/C9H13BrN2/c1-6-4-9(12(2)3)8(11)5-7(6)10/h4-5H,11H2,1-3H3. The van der Waals surface area contributed by atoms with E-state index in [2.05, 4.69) is 28.9 Å². The second-order valence-corrected chi connectivity index (χ2v) is 3.91. The van der Waals surface area contributed by atoms with Crippen LogP contribution in [0.1, 0.15) is 5.56 Å². The van der Waals surface area contributed by atoms with Crippen LogP contribution >= 0.6 is 15.9 Å². The van der Waals surface area contributed by atoms with Crippen LogP contribution < -0.4 is 10.6 Å². The fraction of sp³-hybridized carbons (Fsp3) is 0.333. The molecule has 0 radical (unpaired) electrons. The molecule has 0 aromatic heterocycles. The summed E-state index contributed by atoms with van der Waals surface area (Å²) in [5.41, 5.74) is 8.89. The maximum Gasteiger partial charge on any atom is 0.0598 e.